The van der Waals surface area contributed by atoms with Crippen LogP contribution >= 0.6 is 0 Å². The van der Waals surface area contributed by atoms with Crippen LogP contribution in [-0.4, -0.2) is 68.1 Å². The maximum absolute atomic E-state index is 14.5. The van der Waals surface area contributed by atoms with Crippen LogP contribution in [0.4, 0.5) is 11.4 Å². The van der Waals surface area contributed by atoms with Crippen molar-refractivity contribution in [1.82, 2.24) is 19.6 Å². The Morgan fingerprint density at radius 1 is 0.941 bits per heavy atom. The Hall–Kier alpha value is -5.16. The number of aromatic nitrogens is 2. The molecule has 2 N–H and O–H groups in total. The largest absolute Gasteiger partial charge is 0.394 e. The Balaban J connectivity index is 1.43. The Labute approximate surface area is 299 Å². The predicted octanol–water partition coefficient (Wildman–Crippen LogP) is 7.14. The van der Waals surface area contributed by atoms with Crippen molar-refractivity contribution in [3.05, 3.63) is 111 Å². The second-order valence-corrected chi connectivity index (χ2v) is 13.2. The third kappa shape index (κ3) is 9.15. The van der Waals surface area contributed by atoms with Gasteiger partial charge in [0.2, 0.25) is 5.91 Å². The topological polar surface area (TPSA) is 137 Å². The first-order valence-electron chi connectivity index (χ1n) is 18.0. The molecule has 1 unspecified atom stereocenters. The third-order valence-corrected chi connectivity index (χ3v) is 9.43. The molecule has 0 aliphatic carbocycles. The normalized spacial score (nSPS) is 13.8. The van der Waals surface area contributed by atoms with E-state index in [9.17, 15) is 24.4 Å². The lowest BCUT2D eigenvalue weighted by Gasteiger charge is -2.36. The number of hydrogen-bond donors (Lipinski definition) is 2. The summed E-state index contributed by atoms with van der Waals surface area (Å²) < 4.78 is 1.63. The van der Waals surface area contributed by atoms with Crippen molar-refractivity contribution in [2.45, 2.75) is 84.7 Å². The van der Waals surface area contributed by atoms with Crippen molar-refractivity contribution < 1.29 is 19.5 Å². The van der Waals surface area contributed by atoms with E-state index in [-0.39, 0.29) is 30.7 Å². The van der Waals surface area contributed by atoms with Gasteiger partial charge in [-0.15, -0.1) is 4.91 Å². The van der Waals surface area contributed by atoms with Crippen molar-refractivity contribution in [1.29, 1.82) is 0 Å². The van der Waals surface area contributed by atoms with E-state index >= 15 is 0 Å². The second kappa shape index (κ2) is 17.7. The summed E-state index contributed by atoms with van der Waals surface area (Å²) in [5.41, 5.74) is 5.71. The number of fused-ring (bicyclic) bond motifs is 1. The fourth-order valence-corrected chi connectivity index (χ4v) is 6.51. The van der Waals surface area contributed by atoms with Crippen molar-refractivity contribution >= 4 is 29.1 Å². The number of hydrogen-bond acceptors (Lipinski definition) is 7. The van der Waals surface area contributed by atoms with Gasteiger partial charge < -0.3 is 20.2 Å². The first-order valence-corrected chi connectivity index (χ1v) is 18.0. The number of amides is 3. The number of benzene rings is 3. The minimum atomic E-state index is -0.434. The van der Waals surface area contributed by atoms with E-state index in [0.717, 1.165) is 42.4 Å². The number of carbonyl (C=O) groups excluding carboxylic acids is 3. The van der Waals surface area contributed by atoms with Crippen molar-refractivity contribution in [2.75, 3.05) is 25.0 Å². The number of rotatable bonds is 16. The highest BCUT2D eigenvalue weighted by atomic mass is 16.3. The van der Waals surface area contributed by atoms with Gasteiger partial charge in [-0.2, -0.15) is 5.10 Å². The summed E-state index contributed by atoms with van der Waals surface area (Å²) in [6, 6.07) is 21.3. The molecule has 0 saturated heterocycles. The molecule has 1 atom stereocenters. The zero-order valence-electron chi connectivity index (χ0n) is 29.8. The number of nitrogens with one attached hydrogen (secondary N) is 1. The average Bonchev–Trinajstić information content (AvgIpc) is 3.55. The maximum Gasteiger partial charge on any atom is 0.274 e. The molecule has 11 nitrogen and oxygen atoms in total. The molecule has 2 heterocycles. The number of aliphatic hydroxyl groups is 1. The number of nitrogens with zero attached hydrogens (tertiary/aromatic N) is 5. The summed E-state index contributed by atoms with van der Waals surface area (Å²) in [5, 5.41) is 21.0. The zero-order valence-corrected chi connectivity index (χ0v) is 29.8. The smallest absolute Gasteiger partial charge is 0.274 e. The van der Waals surface area contributed by atoms with Gasteiger partial charge in [-0.25, -0.2) is 4.68 Å². The molecule has 1 aliphatic heterocycles. The van der Waals surface area contributed by atoms with Gasteiger partial charge in [-0.05, 0) is 97.3 Å². The quantitative estimate of drug-likeness (QED) is 0.120. The molecular weight excluding hydrogens is 644 g/mol. The Kier molecular flexibility index (Phi) is 12.9. The van der Waals surface area contributed by atoms with E-state index in [1.807, 2.05) is 48.2 Å². The van der Waals surface area contributed by atoms with Gasteiger partial charge >= 0.3 is 0 Å². The molecule has 1 aromatic heterocycles. The highest BCUT2D eigenvalue weighted by molar-refractivity contribution is 6.01. The molecule has 0 saturated carbocycles. The monoisotopic (exact) mass is 692 g/mol. The number of nitroso groups, excluding NO2 is 1. The SMILES string of the molecule is CCCCN(CCCC)C(=O)c1cc(C)n(-c2ccc(NC(=O)CCCc3ccc(N=O)cc3)cc2C(=O)N2Cc3ccccc3CC2CO)n1. The van der Waals surface area contributed by atoms with Gasteiger partial charge in [-0.3, -0.25) is 14.4 Å². The van der Waals surface area contributed by atoms with Gasteiger partial charge in [0.05, 0.1) is 23.9 Å². The molecule has 0 spiro atoms. The summed E-state index contributed by atoms with van der Waals surface area (Å²) in [5.74, 6) is -0.645. The minimum absolute atomic E-state index is 0.139. The van der Waals surface area contributed by atoms with Crippen LogP contribution < -0.4 is 5.32 Å². The van der Waals surface area contributed by atoms with Crippen LogP contribution in [0.1, 0.15) is 95.6 Å². The Bertz CT molecular complexity index is 1830. The number of carbonyl (C=O) groups is 3. The number of anilines is 1. The summed E-state index contributed by atoms with van der Waals surface area (Å²) in [7, 11) is 0. The molecule has 0 radical (unpaired) electrons. The van der Waals surface area contributed by atoms with Crippen molar-refractivity contribution in [3.8, 4) is 5.69 Å². The lowest BCUT2D eigenvalue weighted by atomic mass is 9.93. The maximum atomic E-state index is 14.5. The number of unbranched alkanes of at least 4 members (excludes halogenated alkanes) is 2. The molecule has 0 fully saturated rings. The standard InChI is InChI=1S/C40H48N6O5/c1-4-6-21-44(22-7-5-2)40(50)36-23-28(3)46(42-36)37-20-19-33(41-38(48)14-10-11-29-15-17-32(43-51)18-16-29)25-35(37)39(49)45-26-31-13-9-8-12-30(31)24-34(45)27-47/h8-9,12-13,15-20,23,25,34,47H,4-7,10-11,14,21-22,24,26-27H2,1-3H3,(H,41,48). The summed E-state index contributed by atoms with van der Waals surface area (Å²) in [6.07, 6.45) is 5.77. The summed E-state index contributed by atoms with van der Waals surface area (Å²) >= 11 is 0. The molecule has 3 aromatic carbocycles. The van der Waals surface area contributed by atoms with Crippen LogP contribution in [0.15, 0.2) is 78.0 Å². The van der Waals surface area contributed by atoms with Crippen LogP contribution in [0.2, 0.25) is 0 Å². The lowest BCUT2D eigenvalue weighted by molar-refractivity contribution is -0.116. The van der Waals surface area contributed by atoms with Gasteiger partial charge in [0.15, 0.2) is 5.69 Å². The van der Waals surface area contributed by atoms with Gasteiger partial charge in [0, 0.05) is 37.4 Å². The second-order valence-electron chi connectivity index (χ2n) is 13.2. The number of aliphatic hydroxyl groups excluding tert-OH is 1. The van der Waals surface area contributed by atoms with Crippen molar-refractivity contribution in [3.63, 3.8) is 0 Å². The lowest BCUT2D eigenvalue weighted by Crippen LogP contribution is -2.46. The predicted molar refractivity (Wildman–Crippen MR) is 198 cm³/mol. The fraction of sp³-hybridized carbons (Fsp3) is 0.400. The van der Waals surface area contributed by atoms with Gasteiger partial charge in [0.1, 0.15) is 5.69 Å². The van der Waals surface area contributed by atoms with E-state index in [4.69, 9.17) is 5.10 Å². The molecule has 1 aliphatic rings. The van der Waals surface area contributed by atoms with Crippen LogP contribution in [0.5, 0.6) is 0 Å². The van der Waals surface area contributed by atoms with Crippen LogP contribution in [0.3, 0.4) is 0 Å². The van der Waals surface area contributed by atoms with E-state index in [1.54, 1.807) is 46.0 Å². The highest BCUT2D eigenvalue weighted by Gasteiger charge is 2.32. The molecule has 5 rings (SSSR count). The minimum Gasteiger partial charge on any atom is -0.394 e. The summed E-state index contributed by atoms with van der Waals surface area (Å²) in [4.78, 5) is 55.5. The third-order valence-electron chi connectivity index (χ3n) is 9.43. The fourth-order valence-electron chi connectivity index (χ4n) is 6.51. The zero-order chi connectivity index (χ0) is 36.3. The molecular formula is C40H48N6O5. The van der Waals surface area contributed by atoms with E-state index < -0.39 is 6.04 Å². The molecule has 268 valence electrons. The van der Waals surface area contributed by atoms with Crippen LogP contribution in [0, 0.1) is 11.8 Å². The highest BCUT2D eigenvalue weighted by Crippen LogP contribution is 2.29. The van der Waals surface area contributed by atoms with E-state index in [2.05, 4.69) is 24.3 Å². The Morgan fingerprint density at radius 3 is 2.31 bits per heavy atom. The number of aryl methyl sites for hydroxylation is 2. The molecule has 4 aromatic rings. The molecule has 0 bridgehead atoms. The van der Waals surface area contributed by atoms with Crippen LogP contribution in [0.25, 0.3) is 5.69 Å². The van der Waals surface area contributed by atoms with Crippen LogP contribution in [-0.2, 0) is 24.2 Å². The van der Waals surface area contributed by atoms with E-state index in [1.165, 1.54) is 0 Å². The molecule has 3 amide bonds. The molecule has 11 heteroatoms. The average molecular weight is 693 g/mol. The van der Waals surface area contributed by atoms with Gasteiger partial charge in [0.25, 0.3) is 11.8 Å². The first kappa shape index (κ1) is 37.1. The first-order chi connectivity index (χ1) is 24.8. The van der Waals surface area contributed by atoms with E-state index in [0.29, 0.717) is 72.9 Å². The van der Waals surface area contributed by atoms with Crippen molar-refractivity contribution in [2.24, 2.45) is 5.18 Å². The van der Waals surface area contributed by atoms with Gasteiger partial charge in [-0.1, -0.05) is 63.1 Å². The molecule has 51 heavy (non-hydrogen) atoms. The summed E-state index contributed by atoms with van der Waals surface area (Å²) in [6.45, 7) is 7.49. The Morgan fingerprint density at radius 2 is 1.65 bits per heavy atom.